The molecule has 0 saturated carbocycles. The number of para-hydroxylation sites is 1. The van der Waals surface area contributed by atoms with Gasteiger partial charge >= 0.3 is 0 Å². The van der Waals surface area contributed by atoms with Crippen molar-refractivity contribution < 1.29 is 4.39 Å². The predicted octanol–water partition coefficient (Wildman–Crippen LogP) is 3.99. The molecule has 2 heterocycles. The van der Waals surface area contributed by atoms with Crippen LogP contribution in [-0.2, 0) is 6.54 Å². The average molecular weight is 347 g/mol. The fraction of sp³-hybridized carbons (Fsp3) is 0.143. The van der Waals surface area contributed by atoms with Crippen LogP contribution in [0.15, 0.2) is 65.5 Å². The van der Waals surface area contributed by atoms with Crippen LogP contribution in [0.1, 0.15) is 16.8 Å². The van der Waals surface area contributed by atoms with Crippen LogP contribution < -0.4 is 5.56 Å². The second-order valence-electron chi connectivity index (χ2n) is 6.41. The molecule has 0 unspecified atom stereocenters. The summed E-state index contributed by atoms with van der Waals surface area (Å²) in [4.78, 5) is 12.8. The summed E-state index contributed by atoms with van der Waals surface area (Å²) < 4.78 is 17.0. The minimum absolute atomic E-state index is 0.128. The van der Waals surface area contributed by atoms with Crippen molar-refractivity contribution in [1.29, 1.82) is 0 Å². The van der Waals surface area contributed by atoms with Gasteiger partial charge in [-0.05, 0) is 49.2 Å². The molecule has 2 aromatic heterocycles. The van der Waals surface area contributed by atoms with E-state index in [1.165, 1.54) is 12.1 Å². The molecule has 0 fully saturated rings. The van der Waals surface area contributed by atoms with E-state index in [1.54, 1.807) is 21.4 Å². The molecule has 0 amide bonds. The molecule has 5 heteroatoms. The van der Waals surface area contributed by atoms with Crippen LogP contribution in [0.2, 0.25) is 0 Å². The molecule has 26 heavy (non-hydrogen) atoms. The standard InChI is InChI=1S/C21H18FN3O/c1-14-11-19(26)24(13-16-7-6-8-17(22)12-16)21-20(14)15(2)23-25(21)18-9-4-3-5-10-18/h3-12H,13H2,1-2H3. The molecule has 0 aliphatic carbocycles. The van der Waals surface area contributed by atoms with Gasteiger partial charge in [0.1, 0.15) is 11.5 Å². The van der Waals surface area contributed by atoms with Crippen LogP contribution in [0.3, 0.4) is 0 Å². The monoisotopic (exact) mass is 347 g/mol. The van der Waals surface area contributed by atoms with Crippen LogP contribution >= 0.6 is 0 Å². The number of pyridine rings is 1. The first-order chi connectivity index (χ1) is 12.5. The average Bonchev–Trinajstić information content (AvgIpc) is 2.97. The van der Waals surface area contributed by atoms with Crippen molar-refractivity contribution in [1.82, 2.24) is 14.3 Å². The van der Waals surface area contributed by atoms with Gasteiger partial charge in [0.15, 0.2) is 0 Å². The number of halogens is 1. The maximum absolute atomic E-state index is 13.6. The van der Waals surface area contributed by atoms with Crippen molar-refractivity contribution in [2.75, 3.05) is 0 Å². The highest BCUT2D eigenvalue weighted by Gasteiger charge is 2.17. The number of hydrogen-bond donors (Lipinski definition) is 0. The summed E-state index contributed by atoms with van der Waals surface area (Å²) >= 11 is 0. The van der Waals surface area contributed by atoms with Crippen molar-refractivity contribution in [3.63, 3.8) is 0 Å². The van der Waals surface area contributed by atoms with Crippen LogP contribution in [-0.4, -0.2) is 14.3 Å². The first kappa shape index (κ1) is 16.3. The van der Waals surface area contributed by atoms with E-state index in [-0.39, 0.29) is 17.9 Å². The number of nitrogens with zero attached hydrogens (tertiary/aromatic N) is 3. The zero-order chi connectivity index (χ0) is 18.3. The van der Waals surface area contributed by atoms with Gasteiger partial charge in [-0.15, -0.1) is 0 Å². The van der Waals surface area contributed by atoms with Gasteiger partial charge in [-0.2, -0.15) is 5.10 Å². The van der Waals surface area contributed by atoms with E-state index in [2.05, 4.69) is 5.10 Å². The van der Waals surface area contributed by atoms with Gasteiger partial charge in [-0.3, -0.25) is 9.36 Å². The number of aryl methyl sites for hydroxylation is 2. The quantitative estimate of drug-likeness (QED) is 0.562. The maximum atomic E-state index is 13.6. The van der Waals surface area contributed by atoms with Crippen molar-refractivity contribution in [2.24, 2.45) is 0 Å². The third-order valence-corrected chi connectivity index (χ3v) is 4.52. The van der Waals surface area contributed by atoms with Gasteiger partial charge in [0, 0.05) is 11.5 Å². The van der Waals surface area contributed by atoms with E-state index in [4.69, 9.17) is 0 Å². The lowest BCUT2D eigenvalue weighted by Gasteiger charge is -2.12. The minimum Gasteiger partial charge on any atom is -0.288 e. The van der Waals surface area contributed by atoms with Crippen LogP contribution in [0.4, 0.5) is 4.39 Å². The Balaban J connectivity index is 2.02. The lowest BCUT2D eigenvalue weighted by atomic mass is 10.1. The highest BCUT2D eigenvalue weighted by Crippen LogP contribution is 2.24. The molecule has 0 aliphatic heterocycles. The third-order valence-electron chi connectivity index (χ3n) is 4.52. The van der Waals surface area contributed by atoms with Crippen LogP contribution in [0.5, 0.6) is 0 Å². The Hall–Kier alpha value is -3.21. The Kier molecular flexibility index (Phi) is 3.92. The Labute approximate surface area is 150 Å². The van der Waals surface area contributed by atoms with Gasteiger partial charge in [-0.25, -0.2) is 9.07 Å². The molecule has 0 aliphatic rings. The Morgan fingerprint density at radius 3 is 2.50 bits per heavy atom. The Morgan fingerprint density at radius 2 is 1.77 bits per heavy atom. The second kappa shape index (κ2) is 6.26. The first-order valence-corrected chi connectivity index (χ1v) is 8.44. The molecule has 4 aromatic rings. The normalized spacial score (nSPS) is 11.2. The number of hydrogen-bond acceptors (Lipinski definition) is 2. The largest absolute Gasteiger partial charge is 0.288 e. The molecule has 0 N–H and O–H groups in total. The molecule has 0 spiro atoms. The fourth-order valence-corrected chi connectivity index (χ4v) is 3.39. The summed E-state index contributed by atoms with van der Waals surface area (Å²) in [6, 6.07) is 17.6. The summed E-state index contributed by atoms with van der Waals surface area (Å²) in [5, 5.41) is 5.61. The van der Waals surface area contributed by atoms with Crippen molar-refractivity contribution >= 4 is 11.0 Å². The molecule has 0 radical (unpaired) electrons. The van der Waals surface area contributed by atoms with Gasteiger partial charge in [0.2, 0.25) is 0 Å². The van der Waals surface area contributed by atoms with E-state index in [0.717, 1.165) is 33.5 Å². The molecule has 2 aromatic carbocycles. The van der Waals surface area contributed by atoms with Crippen molar-refractivity contribution in [3.05, 3.63) is 93.7 Å². The Bertz CT molecular complexity index is 1160. The molecular weight excluding hydrogens is 329 g/mol. The molecule has 0 saturated heterocycles. The van der Waals surface area contributed by atoms with Gasteiger partial charge in [0.05, 0.1) is 17.9 Å². The van der Waals surface area contributed by atoms with E-state index < -0.39 is 0 Å². The first-order valence-electron chi connectivity index (χ1n) is 8.44. The van der Waals surface area contributed by atoms with Gasteiger partial charge in [0.25, 0.3) is 5.56 Å². The Morgan fingerprint density at radius 1 is 1.00 bits per heavy atom. The molecule has 0 bridgehead atoms. The fourth-order valence-electron chi connectivity index (χ4n) is 3.39. The molecule has 0 atom stereocenters. The lowest BCUT2D eigenvalue weighted by molar-refractivity contribution is 0.623. The van der Waals surface area contributed by atoms with Crippen molar-refractivity contribution in [3.8, 4) is 5.69 Å². The number of fused-ring (bicyclic) bond motifs is 1. The second-order valence-corrected chi connectivity index (χ2v) is 6.41. The molecular formula is C21H18FN3O. The summed E-state index contributed by atoms with van der Waals surface area (Å²) in [6.07, 6.45) is 0. The number of rotatable bonds is 3. The summed E-state index contributed by atoms with van der Waals surface area (Å²) in [6.45, 7) is 4.14. The SMILES string of the molecule is Cc1cc(=O)n(Cc2cccc(F)c2)c2c1c(C)nn2-c1ccccc1. The topological polar surface area (TPSA) is 39.8 Å². The molecule has 130 valence electrons. The summed E-state index contributed by atoms with van der Waals surface area (Å²) in [5.74, 6) is -0.313. The smallest absolute Gasteiger partial charge is 0.252 e. The molecule has 4 rings (SSSR count). The van der Waals surface area contributed by atoms with Gasteiger partial charge in [-0.1, -0.05) is 30.3 Å². The number of benzene rings is 2. The van der Waals surface area contributed by atoms with Crippen molar-refractivity contribution in [2.45, 2.75) is 20.4 Å². The van der Waals surface area contributed by atoms with E-state index >= 15 is 0 Å². The number of aromatic nitrogens is 3. The lowest BCUT2D eigenvalue weighted by Crippen LogP contribution is -2.22. The highest BCUT2D eigenvalue weighted by atomic mass is 19.1. The zero-order valence-electron chi connectivity index (χ0n) is 14.6. The molecule has 4 nitrogen and oxygen atoms in total. The summed E-state index contributed by atoms with van der Waals surface area (Å²) in [7, 11) is 0. The van der Waals surface area contributed by atoms with E-state index in [1.807, 2.05) is 50.2 Å². The van der Waals surface area contributed by atoms with E-state index in [0.29, 0.717) is 0 Å². The highest BCUT2D eigenvalue weighted by molar-refractivity contribution is 5.83. The summed E-state index contributed by atoms with van der Waals surface area (Å²) in [5.41, 5.74) is 3.95. The van der Waals surface area contributed by atoms with E-state index in [9.17, 15) is 9.18 Å². The zero-order valence-corrected chi connectivity index (χ0v) is 14.6. The van der Waals surface area contributed by atoms with Gasteiger partial charge < -0.3 is 0 Å². The van der Waals surface area contributed by atoms with Crippen LogP contribution in [0.25, 0.3) is 16.7 Å². The predicted molar refractivity (Wildman–Crippen MR) is 100 cm³/mol. The minimum atomic E-state index is -0.313. The third kappa shape index (κ3) is 2.71. The van der Waals surface area contributed by atoms with Crippen LogP contribution in [0, 0.1) is 19.7 Å². The maximum Gasteiger partial charge on any atom is 0.252 e.